The number of amides is 3. The van der Waals surface area contributed by atoms with E-state index in [0.717, 1.165) is 18.6 Å². The second-order valence-corrected chi connectivity index (χ2v) is 6.17. The Labute approximate surface area is 137 Å². The van der Waals surface area contributed by atoms with Gasteiger partial charge in [-0.1, -0.05) is 12.1 Å². The molecule has 0 aromatic heterocycles. The molecule has 1 aromatic carbocycles. The molecule has 0 saturated carbocycles. The number of urea groups is 1. The summed E-state index contributed by atoms with van der Waals surface area (Å²) in [4.78, 5) is 23.0. The molecule has 0 bridgehead atoms. The molecule has 6 nitrogen and oxygen atoms in total. The molecule has 126 valence electrons. The van der Waals surface area contributed by atoms with Gasteiger partial charge in [0.2, 0.25) is 5.91 Å². The summed E-state index contributed by atoms with van der Waals surface area (Å²) < 4.78 is 5.62. The van der Waals surface area contributed by atoms with Crippen LogP contribution >= 0.6 is 0 Å². The maximum Gasteiger partial charge on any atom is 0.315 e. The third-order valence-corrected chi connectivity index (χ3v) is 3.64. The van der Waals surface area contributed by atoms with Gasteiger partial charge in [0.25, 0.3) is 0 Å². The van der Waals surface area contributed by atoms with E-state index in [9.17, 15) is 9.59 Å². The lowest BCUT2D eigenvalue weighted by Crippen LogP contribution is -2.46. The van der Waals surface area contributed by atoms with Gasteiger partial charge in [-0.25, -0.2) is 4.79 Å². The minimum absolute atomic E-state index is 0.0478. The van der Waals surface area contributed by atoms with Crippen molar-refractivity contribution in [3.63, 3.8) is 0 Å². The van der Waals surface area contributed by atoms with Crippen LogP contribution in [0.4, 0.5) is 4.79 Å². The Balaban J connectivity index is 1.74. The lowest BCUT2D eigenvalue weighted by atomic mass is 10.1. The quantitative estimate of drug-likeness (QED) is 0.714. The smallest absolute Gasteiger partial charge is 0.315 e. The van der Waals surface area contributed by atoms with E-state index >= 15 is 0 Å². The van der Waals surface area contributed by atoms with Crippen LogP contribution in [0.3, 0.4) is 0 Å². The van der Waals surface area contributed by atoms with Gasteiger partial charge in [-0.3, -0.25) is 4.79 Å². The van der Waals surface area contributed by atoms with Crippen LogP contribution < -0.4 is 20.7 Å². The van der Waals surface area contributed by atoms with Gasteiger partial charge in [-0.2, -0.15) is 0 Å². The Hall–Kier alpha value is -2.24. The van der Waals surface area contributed by atoms with Crippen molar-refractivity contribution in [2.75, 3.05) is 6.54 Å². The maximum absolute atomic E-state index is 12.0. The predicted molar refractivity (Wildman–Crippen MR) is 88.5 cm³/mol. The summed E-state index contributed by atoms with van der Waals surface area (Å²) in [6, 6.07) is 7.32. The summed E-state index contributed by atoms with van der Waals surface area (Å²) in [6.45, 7) is 6.31. The maximum atomic E-state index is 12.0. The molecule has 3 N–H and O–H groups in total. The van der Waals surface area contributed by atoms with Crippen LogP contribution in [0.2, 0.25) is 0 Å². The fourth-order valence-corrected chi connectivity index (χ4v) is 2.42. The zero-order chi connectivity index (χ0) is 16.8. The summed E-state index contributed by atoms with van der Waals surface area (Å²) in [6.07, 6.45) is 1.88. The number of carbonyl (C=O) groups is 2. The molecule has 2 rings (SSSR count). The van der Waals surface area contributed by atoms with Crippen LogP contribution in [0.5, 0.6) is 5.75 Å². The first kappa shape index (κ1) is 17.1. The van der Waals surface area contributed by atoms with Crippen molar-refractivity contribution in [1.29, 1.82) is 0 Å². The topological polar surface area (TPSA) is 79.5 Å². The number of nitrogens with one attached hydrogen (secondary N) is 3. The average Bonchev–Trinajstić information content (AvgIpc) is 2.93. The third kappa shape index (κ3) is 5.47. The van der Waals surface area contributed by atoms with Gasteiger partial charge in [0.15, 0.2) is 0 Å². The number of benzene rings is 1. The van der Waals surface area contributed by atoms with E-state index in [-0.39, 0.29) is 24.1 Å². The molecule has 1 aromatic rings. The van der Waals surface area contributed by atoms with Crippen LogP contribution in [-0.4, -0.2) is 36.7 Å². The van der Waals surface area contributed by atoms with E-state index in [1.165, 1.54) is 5.56 Å². The molecule has 1 heterocycles. The molecule has 23 heavy (non-hydrogen) atoms. The van der Waals surface area contributed by atoms with Gasteiger partial charge >= 0.3 is 6.03 Å². The molecular formula is C17H25N3O3. The normalized spacial score (nSPS) is 18.3. The highest BCUT2D eigenvalue weighted by Gasteiger charge is 2.27. The van der Waals surface area contributed by atoms with Gasteiger partial charge in [0.05, 0.1) is 6.10 Å². The molecule has 3 amide bonds. The number of hydrogen-bond donors (Lipinski definition) is 3. The van der Waals surface area contributed by atoms with Crippen molar-refractivity contribution in [2.45, 2.75) is 51.8 Å². The first-order chi connectivity index (χ1) is 10.9. The average molecular weight is 319 g/mol. The fraction of sp³-hybridized carbons (Fsp3) is 0.529. The zero-order valence-corrected chi connectivity index (χ0v) is 13.9. The van der Waals surface area contributed by atoms with Crippen LogP contribution in [0.1, 0.15) is 32.8 Å². The Morgan fingerprint density at radius 1 is 1.30 bits per heavy atom. The van der Waals surface area contributed by atoms with Gasteiger partial charge in [-0.05, 0) is 51.3 Å². The SMILES string of the molecule is CC(C)Oc1ccc(CC[C@@H](C)NC(=O)[C@H]2CNC(=O)N2)cc1. The van der Waals surface area contributed by atoms with Crippen LogP contribution in [0.25, 0.3) is 0 Å². The highest BCUT2D eigenvalue weighted by molar-refractivity contribution is 5.90. The van der Waals surface area contributed by atoms with E-state index in [2.05, 4.69) is 16.0 Å². The van der Waals surface area contributed by atoms with Crippen molar-refractivity contribution in [2.24, 2.45) is 0 Å². The van der Waals surface area contributed by atoms with Crippen LogP contribution in [0.15, 0.2) is 24.3 Å². The van der Waals surface area contributed by atoms with Crippen molar-refractivity contribution in [3.8, 4) is 5.75 Å². The Kier molecular flexibility index (Phi) is 5.84. The van der Waals surface area contributed by atoms with E-state index in [4.69, 9.17) is 4.74 Å². The molecule has 0 radical (unpaired) electrons. The highest BCUT2D eigenvalue weighted by Crippen LogP contribution is 2.15. The van der Waals surface area contributed by atoms with E-state index in [0.29, 0.717) is 6.54 Å². The fourth-order valence-electron chi connectivity index (χ4n) is 2.42. The second kappa shape index (κ2) is 7.85. The summed E-state index contributed by atoms with van der Waals surface area (Å²) in [5, 5.41) is 8.09. The number of hydrogen-bond acceptors (Lipinski definition) is 3. The number of ether oxygens (including phenoxy) is 1. The van der Waals surface area contributed by atoms with Gasteiger partial charge in [0, 0.05) is 12.6 Å². The number of rotatable bonds is 7. The number of carbonyl (C=O) groups excluding carboxylic acids is 2. The highest BCUT2D eigenvalue weighted by atomic mass is 16.5. The first-order valence-corrected chi connectivity index (χ1v) is 8.04. The molecule has 0 spiro atoms. The van der Waals surface area contributed by atoms with Crippen molar-refractivity contribution in [1.82, 2.24) is 16.0 Å². The van der Waals surface area contributed by atoms with Gasteiger partial charge in [-0.15, -0.1) is 0 Å². The number of aryl methyl sites for hydroxylation is 1. The lowest BCUT2D eigenvalue weighted by molar-refractivity contribution is -0.123. The summed E-state index contributed by atoms with van der Waals surface area (Å²) >= 11 is 0. The van der Waals surface area contributed by atoms with Gasteiger partial charge in [0.1, 0.15) is 11.8 Å². The van der Waals surface area contributed by atoms with E-state index in [1.807, 2.05) is 45.0 Å². The molecule has 1 aliphatic rings. The third-order valence-electron chi connectivity index (χ3n) is 3.64. The minimum atomic E-state index is -0.475. The lowest BCUT2D eigenvalue weighted by Gasteiger charge is -2.16. The predicted octanol–water partition coefficient (Wildman–Crippen LogP) is 1.59. The Bertz CT molecular complexity index is 543. The Morgan fingerprint density at radius 2 is 2.00 bits per heavy atom. The molecule has 1 fully saturated rings. The van der Waals surface area contributed by atoms with Crippen molar-refractivity contribution < 1.29 is 14.3 Å². The van der Waals surface area contributed by atoms with Crippen LogP contribution in [-0.2, 0) is 11.2 Å². The standard InChI is InChI=1S/C17H25N3O3/c1-11(2)23-14-8-6-13(7-9-14)5-4-12(3)19-16(21)15-10-18-17(22)20-15/h6-9,11-12,15H,4-5,10H2,1-3H3,(H,19,21)(H2,18,20,22)/t12-,15-/m1/s1. The largest absolute Gasteiger partial charge is 0.491 e. The summed E-state index contributed by atoms with van der Waals surface area (Å²) in [5.41, 5.74) is 1.21. The minimum Gasteiger partial charge on any atom is -0.491 e. The zero-order valence-electron chi connectivity index (χ0n) is 13.9. The molecule has 0 aliphatic carbocycles. The van der Waals surface area contributed by atoms with Crippen molar-refractivity contribution in [3.05, 3.63) is 29.8 Å². The molecule has 1 saturated heterocycles. The van der Waals surface area contributed by atoms with Gasteiger partial charge < -0.3 is 20.7 Å². The van der Waals surface area contributed by atoms with Crippen LogP contribution in [0, 0.1) is 0 Å². The first-order valence-electron chi connectivity index (χ1n) is 8.04. The second-order valence-electron chi connectivity index (χ2n) is 6.17. The molecule has 6 heteroatoms. The summed E-state index contributed by atoms with van der Waals surface area (Å²) in [7, 11) is 0. The monoisotopic (exact) mass is 319 g/mol. The summed E-state index contributed by atoms with van der Waals surface area (Å²) in [5.74, 6) is 0.728. The molecule has 1 aliphatic heterocycles. The van der Waals surface area contributed by atoms with Crippen molar-refractivity contribution >= 4 is 11.9 Å². The van der Waals surface area contributed by atoms with E-state index in [1.54, 1.807) is 0 Å². The molecule has 2 atom stereocenters. The van der Waals surface area contributed by atoms with E-state index < -0.39 is 6.04 Å². The molecular weight excluding hydrogens is 294 g/mol. The molecule has 0 unspecified atom stereocenters. The Morgan fingerprint density at radius 3 is 2.57 bits per heavy atom.